The van der Waals surface area contributed by atoms with E-state index in [-0.39, 0.29) is 17.8 Å². The van der Waals surface area contributed by atoms with Gasteiger partial charge < -0.3 is 15.2 Å². The monoisotopic (exact) mass is 309 g/mol. The number of alkyl carbamates (subject to hydrolysis) is 1. The molecule has 5 heteroatoms. The molecule has 2 rings (SSSR count). The number of amides is 1. The second-order valence-electron chi connectivity index (χ2n) is 7.90. The molecule has 0 bridgehead atoms. The van der Waals surface area contributed by atoms with Gasteiger partial charge >= 0.3 is 12.1 Å². The van der Waals surface area contributed by atoms with Crippen molar-refractivity contribution in [2.24, 2.45) is 17.3 Å². The summed E-state index contributed by atoms with van der Waals surface area (Å²) in [7, 11) is 0. The van der Waals surface area contributed by atoms with Crippen molar-refractivity contribution in [3.8, 4) is 0 Å². The van der Waals surface area contributed by atoms with E-state index < -0.39 is 17.7 Å². The van der Waals surface area contributed by atoms with E-state index in [1.807, 2.05) is 20.8 Å². The van der Waals surface area contributed by atoms with Crippen molar-refractivity contribution in [1.82, 2.24) is 5.32 Å². The van der Waals surface area contributed by atoms with E-state index >= 15 is 0 Å². The molecule has 0 aliphatic heterocycles. The Kier molecular flexibility index (Phi) is 4.28. The fraction of sp³-hybridized carbons (Fsp3) is 0.765. The summed E-state index contributed by atoms with van der Waals surface area (Å²) in [6, 6.07) is 0. The molecule has 1 fully saturated rings. The van der Waals surface area contributed by atoms with Crippen molar-refractivity contribution in [3.05, 3.63) is 11.1 Å². The van der Waals surface area contributed by atoms with Gasteiger partial charge in [-0.05, 0) is 59.3 Å². The highest BCUT2D eigenvalue weighted by atomic mass is 16.6. The molecular formula is C17H27NO4. The summed E-state index contributed by atoms with van der Waals surface area (Å²) in [5.74, 6) is 0.0140. The molecule has 3 atom stereocenters. The number of hydrogen-bond donors (Lipinski definition) is 2. The van der Waals surface area contributed by atoms with E-state index in [4.69, 9.17) is 4.74 Å². The standard InChI is InChI=1S/C17H27NO4/c1-10-6-12-7-17(8-13(19)20,14(12)11(10)2)9-18-15(21)22-16(3,4)5/h12,14H,6-9H2,1-5H3,(H,18,21)(H,19,20)/t12-,14-,17-/m1/s1. The third-order valence-electron chi connectivity index (χ3n) is 4.99. The average molecular weight is 309 g/mol. The van der Waals surface area contributed by atoms with Crippen molar-refractivity contribution in [1.29, 1.82) is 0 Å². The maximum absolute atomic E-state index is 11.9. The van der Waals surface area contributed by atoms with Crippen LogP contribution in [0.4, 0.5) is 4.79 Å². The molecule has 1 amide bonds. The summed E-state index contributed by atoms with van der Waals surface area (Å²) >= 11 is 0. The number of ether oxygens (including phenoxy) is 1. The number of carbonyl (C=O) groups excluding carboxylic acids is 1. The van der Waals surface area contributed by atoms with Crippen molar-refractivity contribution < 1.29 is 19.4 Å². The van der Waals surface area contributed by atoms with Crippen LogP contribution >= 0.6 is 0 Å². The van der Waals surface area contributed by atoms with Crippen LogP contribution in [0.2, 0.25) is 0 Å². The minimum absolute atomic E-state index is 0.0918. The van der Waals surface area contributed by atoms with Crippen LogP contribution in [-0.4, -0.2) is 29.3 Å². The van der Waals surface area contributed by atoms with E-state index in [0.29, 0.717) is 12.5 Å². The molecule has 0 aromatic rings. The van der Waals surface area contributed by atoms with Gasteiger partial charge in [0.15, 0.2) is 0 Å². The van der Waals surface area contributed by atoms with Gasteiger partial charge in [0.1, 0.15) is 5.60 Å². The van der Waals surface area contributed by atoms with E-state index in [9.17, 15) is 14.7 Å². The predicted molar refractivity (Wildman–Crippen MR) is 83.5 cm³/mol. The van der Waals surface area contributed by atoms with Crippen LogP contribution < -0.4 is 5.32 Å². The molecule has 0 spiro atoms. The van der Waals surface area contributed by atoms with Gasteiger partial charge in [-0.25, -0.2) is 4.79 Å². The lowest BCUT2D eigenvalue weighted by Crippen LogP contribution is -2.54. The van der Waals surface area contributed by atoms with Crippen LogP contribution in [0.15, 0.2) is 11.1 Å². The first kappa shape index (κ1) is 16.8. The number of carbonyl (C=O) groups is 2. The first-order chi connectivity index (χ1) is 10.0. The Morgan fingerprint density at radius 3 is 2.50 bits per heavy atom. The number of hydrogen-bond acceptors (Lipinski definition) is 3. The van der Waals surface area contributed by atoms with Gasteiger partial charge in [-0.15, -0.1) is 0 Å². The van der Waals surface area contributed by atoms with Crippen LogP contribution in [0.5, 0.6) is 0 Å². The zero-order chi connectivity index (χ0) is 16.7. The summed E-state index contributed by atoms with van der Waals surface area (Å²) in [5, 5.41) is 12.1. The third-order valence-corrected chi connectivity index (χ3v) is 4.99. The smallest absolute Gasteiger partial charge is 0.407 e. The molecule has 0 unspecified atom stereocenters. The quantitative estimate of drug-likeness (QED) is 0.781. The van der Waals surface area contributed by atoms with Gasteiger partial charge in [0, 0.05) is 12.0 Å². The SMILES string of the molecule is CC1=C(C)[C@@H]2[C@H](C1)C[C@]2(CNC(=O)OC(C)(C)C)CC(=O)O. The summed E-state index contributed by atoms with van der Waals surface area (Å²) in [6.07, 6.45) is 1.53. The molecule has 2 aliphatic carbocycles. The molecule has 0 saturated heterocycles. The van der Waals surface area contributed by atoms with Crippen LogP contribution in [0.3, 0.4) is 0 Å². The number of nitrogens with one attached hydrogen (secondary N) is 1. The molecule has 124 valence electrons. The normalized spacial score (nSPS) is 30.6. The third kappa shape index (κ3) is 3.28. The summed E-state index contributed by atoms with van der Waals surface area (Å²) in [4.78, 5) is 23.2. The second-order valence-corrected chi connectivity index (χ2v) is 7.90. The number of carboxylic acids is 1. The molecule has 0 aromatic heterocycles. The summed E-state index contributed by atoms with van der Waals surface area (Å²) < 4.78 is 5.26. The van der Waals surface area contributed by atoms with E-state index in [1.165, 1.54) is 11.1 Å². The first-order valence-electron chi connectivity index (χ1n) is 7.89. The Balaban J connectivity index is 2.06. The van der Waals surface area contributed by atoms with Gasteiger partial charge in [0.2, 0.25) is 0 Å². The lowest BCUT2D eigenvalue weighted by molar-refractivity contribution is -0.144. The maximum Gasteiger partial charge on any atom is 0.407 e. The number of rotatable bonds is 4. The van der Waals surface area contributed by atoms with Gasteiger partial charge in [0.05, 0.1) is 6.42 Å². The molecule has 5 nitrogen and oxygen atoms in total. The fourth-order valence-electron chi connectivity index (χ4n) is 4.22. The lowest BCUT2D eigenvalue weighted by atomic mass is 9.52. The first-order valence-corrected chi connectivity index (χ1v) is 7.89. The highest BCUT2D eigenvalue weighted by Gasteiger charge is 2.57. The number of aliphatic carboxylic acids is 1. The second kappa shape index (κ2) is 5.60. The van der Waals surface area contributed by atoms with E-state index in [2.05, 4.69) is 19.2 Å². The summed E-state index contributed by atoms with van der Waals surface area (Å²) in [5.41, 5.74) is 1.77. The molecular weight excluding hydrogens is 282 g/mol. The zero-order valence-electron chi connectivity index (χ0n) is 14.2. The van der Waals surface area contributed by atoms with E-state index in [1.54, 1.807) is 0 Å². The Morgan fingerprint density at radius 1 is 1.36 bits per heavy atom. The molecule has 0 heterocycles. The molecule has 1 saturated carbocycles. The van der Waals surface area contributed by atoms with Crippen LogP contribution in [0, 0.1) is 17.3 Å². The minimum atomic E-state index is -0.804. The van der Waals surface area contributed by atoms with Crippen LogP contribution in [-0.2, 0) is 9.53 Å². The van der Waals surface area contributed by atoms with Gasteiger partial charge in [-0.2, -0.15) is 0 Å². The van der Waals surface area contributed by atoms with Gasteiger partial charge in [0.25, 0.3) is 0 Å². The Labute approximate surface area is 132 Å². The largest absolute Gasteiger partial charge is 0.481 e. The van der Waals surface area contributed by atoms with Crippen molar-refractivity contribution >= 4 is 12.1 Å². The highest BCUT2D eigenvalue weighted by Crippen LogP contribution is 2.62. The Hall–Kier alpha value is -1.52. The predicted octanol–water partition coefficient (Wildman–Crippen LogP) is 3.35. The lowest BCUT2D eigenvalue weighted by Gasteiger charge is -2.53. The zero-order valence-corrected chi connectivity index (χ0v) is 14.2. The van der Waals surface area contributed by atoms with Crippen molar-refractivity contribution in [2.75, 3.05) is 6.54 Å². The topological polar surface area (TPSA) is 75.6 Å². The Morgan fingerprint density at radius 2 is 2.00 bits per heavy atom. The number of carboxylic acid groups (broad SMARTS) is 1. The average Bonchev–Trinajstić information content (AvgIpc) is 2.54. The minimum Gasteiger partial charge on any atom is -0.481 e. The van der Waals surface area contributed by atoms with Crippen molar-refractivity contribution in [2.45, 2.75) is 59.5 Å². The number of fused-ring (bicyclic) bond motifs is 1. The van der Waals surface area contributed by atoms with Gasteiger partial charge in [-0.3, -0.25) is 4.79 Å². The maximum atomic E-state index is 11.9. The molecule has 0 radical (unpaired) electrons. The highest BCUT2D eigenvalue weighted by molar-refractivity contribution is 5.70. The van der Waals surface area contributed by atoms with E-state index in [0.717, 1.165) is 12.8 Å². The molecule has 2 aliphatic rings. The molecule has 2 N–H and O–H groups in total. The van der Waals surface area contributed by atoms with Crippen LogP contribution in [0.1, 0.15) is 53.9 Å². The van der Waals surface area contributed by atoms with Crippen molar-refractivity contribution in [3.63, 3.8) is 0 Å². The molecule has 22 heavy (non-hydrogen) atoms. The Bertz CT molecular complexity index is 517. The van der Waals surface area contributed by atoms with Gasteiger partial charge in [-0.1, -0.05) is 11.1 Å². The summed E-state index contributed by atoms with van der Waals surface area (Å²) in [6.45, 7) is 10.0. The van der Waals surface area contributed by atoms with Crippen LogP contribution in [0.25, 0.3) is 0 Å². The number of allylic oxidation sites excluding steroid dienone is 2. The fourth-order valence-corrected chi connectivity index (χ4v) is 4.22. The molecule has 0 aromatic carbocycles.